The Morgan fingerprint density at radius 3 is 2.70 bits per heavy atom. The highest BCUT2D eigenvalue weighted by molar-refractivity contribution is 7.09. The van der Waals surface area contributed by atoms with Crippen LogP contribution in [0, 0.1) is 5.92 Å². The van der Waals surface area contributed by atoms with E-state index >= 15 is 0 Å². The fraction of sp³-hybridized carbons (Fsp3) is 0.647. The van der Waals surface area contributed by atoms with Gasteiger partial charge < -0.3 is 5.32 Å². The number of hydrogen-bond acceptors (Lipinski definition) is 4. The summed E-state index contributed by atoms with van der Waals surface area (Å²) in [7, 11) is 1.97. The molecule has 1 fully saturated rings. The number of rotatable bonds is 6. The second-order valence-electron chi connectivity index (χ2n) is 6.46. The van der Waals surface area contributed by atoms with Gasteiger partial charge in [-0.15, -0.1) is 11.3 Å². The molecule has 0 unspecified atom stereocenters. The van der Waals surface area contributed by atoms with Gasteiger partial charge in [0.05, 0.1) is 6.54 Å². The van der Waals surface area contributed by atoms with Crippen LogP contribution in [0.4, 0.5) is 4.79 Å². The van der Waals surface area contributed by atoms with Crippen molar-refractivity contribution in [3.8, 4) is 0 Å². The molecule has 23 heavy (non-hydrogen) atoms. The van der Waals surface area contributed by atoms with Crippen molar-refractivity contribution >= 4 is 23.3 Å². The summed E-state index contributed by atoms with van der Waals surface area (Å²) in [5.41, 5.74) is 0. The van der Waals surface area contributed by atoms with Gasteiger partial charge in [-0.25, -0.2) is 4.79 Å². The molecule has 0 spiro atoms. The van der Waals surface area contributed by atoms with Gasteiger partial charge in [0.1, 0.15) is 0 Å². The molecule has 0 bridgehead atoms. The van der Waals surface area contributed by atoms with Crippen molar-refractivity contribution in [3.63, 3.8) is 0 Å². The molecule has 128 valence electrons. The second-order valence-corrected chi connectivity index (χ2v) is 7.49. The standard InChI is InChI=1S/C17H27N3O2S/c1-13-5-7-14(8-6-13)20(2)12-16(21)19-17(22)18-10-9-15-4-3-11-23-15/h3-4,11,13-14H,5-10,12H2,1-2H3,(H2,18,19,21,22). The largest absolute Gasteiger partial charge is 0.337 e. The van der Waals surface area contributed by atoms with Crippen LogP contribution in [0.2, 0.25) is 0 Å². The van der Waals surface area contributed by atoms with Gasteiger partial charge in [-0.1, -0.05) is 13.0 Å². The number of nitrogens with one attached hydrogen (secondary N) is 2. The van der Waals surface area contributed by atoms with Crippen molar-refractivity contribution in [2.24, 2.45) is 5.92 Å². The predicted octanol–water partition coefficient (Wildman–Crippen LogP) is 2.63. The van der Waals surface area contributed by atoms with E-state index in [1.54, 1.807) is 11.3 Å². The Kier molecular flexibility index (Phi) is 7.05. The van der Waals surface area contributed by atoms with Gasteiger partial charge in [-0.2, -0.15) is 0 Å². The molecule has 0 radical (unpaired) electrons. The Hall–Kier alpha value is -1.40. The summed E-state index contributed by atoms with van der Waals surface area (Å²) in [6, 6.07) is 4.08. The molecular formula is C17H27N3O2S. The number of hydrogen-bond donors (Lipinski definition) is 2. The van der Waals surface area contributed by atoms with Gasteiger partial charge in [-0.3, -0.25) is 15.0 Å². The number of likely N-dealkylation sites (N-methyl/N-ethyl adjacent to an activating group) is 1. The third-order valence-electron chi connectivity index (χ3n) is 4.49. The summed E-state index contributed by atoms with van der Waals surface area (Å²) in [4.78, 5) is 27.0. The Morgan fingerprint density at radius 1 is 1.30 bits per heavy atom. The molecule has 0 aromatic carbocycles. The van der Waals surface area contributed by atoms with Crippen LogP contribution in [0.15, 0.2) is 17.5 Å². The van der Waals surface area contributed by atoms with Crippen molar-refractivity contribution in [3.05, 3.63) is 22.4 Å². The second kappa shape index (κ2) is 9.03. The molecule has 0 aliphatic heterocycles. The van der Waals surface area contributed by atoms with E-state index in [1.165, 1.54) is 17.7 Å². The van der Waals surface area contributed by atoms with Gasteiger partial charge >= 0.3 is 6.03 Å². The van der Waals surface area contributed by atoms with Crippen molar-refractivity contribution < 1.29 is 9.59 Å². The average Bonchev–Trinajstić information content (AvgIpc) is 3.01. The monoisotopic (exact) mass is 337 g/mol. The maximum Gasteiger partial charge on any atom is 0.321 e. The Labute approximate surface area is 142 Å². The van der Waals surface area contributed by atoms with E-state index in [0.717, 1.165) is 25.2 Å². The number of thiophene rings is 1. The van der Waals surface area contributed by atoms with Gasteiger partial charge in [0.15, 0.2) is 0 Å². The molecule has 1 aliphatic rings. The number of urea groups is 1. The van der Waals surface area contributed by atoms with Crippen LogP contribution in [0.1, 0.15) is 37.5 Å². The van der Waals surface area contributed by atoms with Crippen LogP contribution >= 0.6 is 11.3 Å². The van der Waals surface area contributed by atoms with Crippen molar-refractivity contribution in [2.75, 3.05) is 20.1 Å². The highest BCUT2D eigenvalue weighted by atomic mass is 32.1. The minimum Gasteiger partial charge on any atom is -0.337 e. The first-order valence-corrected chi connectivity index (χ1v) is 9.23. The zero-order valence-electron chi connectivity index (χ0n) is 14.0. The van der Waals surface area contributed by atoms with Crippen molar-refractivity contribution in [1.29, 1.82) is 0 Å². The molecule has 3 amide bonds. The molecular weight excluding hydrogens is 310 g/mol. The lowest BCUT2D eigenvalue weighted by molar-refractivity contribution is -0.121. The van der Waals surface area contributed by atoms with Crippen molar-refractivity contribution in [1.82, 2.24) is 15.5 Å². The van der Waals surface area contributed by atoms with Crippen LogP contribution in [0.3, 0.4) is 0 Å². The van der Waals surface area contributed by atoms with E-state index in [-0.39, 0.29) is 12.5 Å². The first-order chi connectivity index (χ1) is 11.0. The maximum atomic E-state index is 12.0. The van der Waals surface area contributed by atoms with Gasteiger partial charge in [0, 0.05) is 17.5 Å². The smallest absolute Gasteiger partial charge is 0.321 e. The Morgan fingerprint density at radius 2 is 2.04 bits per heavy atom. The van der Waals surface area contributed by atoms with Gasteiger partial charge in [-0.05, 0) is 56.5 Å². The maximum absolute atomic E-state index is 12.0. The van der Waals surface area contributed by atoms with E-state index in [4.69, 9.17) is 0 Å². The summed E-state index contributed by atoms with van der Waals surface area (Å²) in [6.07, 6.45) is 5.51. The first-order valence-electron chi connectivity index (χ1n) is 8.35. The number of imide groups is 1. The van der Waals surface area contributed by atoms with Gasteiger partial charge in [0.2, 0.25) is 5.91 Å². The summed E-state index contributed by atoms with van der Waals surface area (Å²) >= 11 is 1.67. The fourth-order valence-electron chi connectivity index (χ4n) is 3.00. The molecule has 1 saturated carbocycles. The Bertz CT molecular complexity index is 496. The molecule has 1 aromatic rings. The van der Waals surface area contributed by atoms with E-state index in [1.807, 2.05) is 24.6 Å². The summed E-state index contributed by atoms with van der Waals surface area (Å²) in [5.74, 6) is 0.558. The highest BCUT2D eigenvalue weighted by Gasteiger charge is 2.23. The lowest BCUT2D eigenvalue weighted by Crippen LogP contribution is -2.46. The normalized spacial score (nSPS) is 21.2. The summed E-state index contributed by atoms with van der Waals surface area (Å²) in [6.45, 7) is 3.09. The summed E-state index contributed by atoms with van der Waals surface area (Å²) < 4.78 is 0. The Balaban J connectivity index is 1.62. The molecule has 5 nitrogen and oxygen atoms in total. The number of carbonyl (C=O) groups is 2. The molecule has 1 aliphatic carbocycles. The van der Waals surface area contributed by atoms with Crippen LogP contribution in [-0.4, -0.2) is 43.0 Å². The zero-order valence-corrected chi connectivity index (χ0v) is 14.8. The van der Waals surface area contributed by atoms with Crippen molar-refractivity contribution in [2.45, 2.75) is 45.1 Å². The van der Waals surface area contributed by atoms with E-state index < -0.39 is 6.03 Å². The predicted molar refractivity (Wildman–Crippen MR) is 93.6 cm³/mol. The third kappa shape index (κ3) is 6.31. The third-order valence-corrected chi connectivity index (χ3v) is 5.43. The molecule has 0 atom stereocenters. The van der Waals surface area contributed by atoms with Crippen LogP contribution in [0.5, 0.6) is 0 Å². The van der Waals surface area contributed by atoms with Crippen LogP contribution in [-0.2, 0) is 11.2 Å². The van der Waals surface area contributed by atoms with Crippen LogP contribution in [0.25, 0.3) is 0 Å². The fourth-order valence-corrected chi connectivity index (χ4v) is 3.71. The zero-order chi connectivity index (χ0) is 16.7. The lowest BCUT2D eigenvalue weighted by atomic mass is 9.87. The molecule has 1 aromatic heterocycles. The lowest BCUT2D eigenvalue weighted by Gasteiger charge is -2.33. The van der Waals surface area contributed by atoms with E-state index in [0.29, 0.717) is 12.6 Å². The highest BCUT2D eigenvalue weighted by Crippen LogP contribution is 2.26. The molecule has 2 N–H and O–H groups in total. The quantitative estimate of drug-likeness (QED) is 0.839. The number of nitrogens with zero attached hydrogens (tertiary/aromatic N) is 1. The average molecular weight is 337 g/mol. The molecule has 1 heterocycles. The van der Waals surface area contributed by atoms with E-state index in [2.05, 4.69) is 22.5 Å². The first kappa shape index (κ1) is 17.9. The topological polar surface area (TPSA) is 61.4 Å². The van der Waals surface area contributed by atoms with E-state index in [9.17, 15) is 9.59 Å². The van der Waals surface area contributed by atoms with Gasteiger partial charge in [0.25, 0.3) is 0 Å². The number of carbonyl (C=O) groups excluding carboxylic acids is 2. The minimum absolute atomic E-state index is 0.236. The molecule has 0 saturated heterocycles. The van der Waals surface area contributed by atoms with Crippen LogP contribution < -0.4 is 10.6 Å². The SMILES string of the molecule is CC1CCC(N(C)CC(=O)NC(=O)NCCc2cccs2)CC1. The number of amides is 3. The molecule has 6 heteroatoms. The minimum atomic E-state index is -0.405. The molecule has 2 rings (SSSR count). The summed E-state index contributed by atoms with van der Waals surface area (Å²) in [5, 5.41) is 7.15.